The van der Waals surface area contributed by atoms with Crippen LogP contribution in [0.5, 0.6) is 0 Å². The summed E-state index contributed by atoms with van der Waals surface area (Å²) < 4.78 is 26.3. The summed E-state index contributed by atoms with van der Waals surface area (Å²) in [5.74, 6) is -0.0469. The molecule has 0 bridgehead atoms. The second kappa shape index (κ2) is 6.55. The Balaban J connectivity index is 2.36. The fourth-order valence-corrected chi connectivity index (χ4v) is 3.01. The minimum atomic E-state index is -0.537. The van der Waals surface area contributed by atoms with Crippen LogP contribution >= 0.6 is 23.2 Å². The molecule has 4 heteroatoms. The topological polar surface area (TPSA) is 0 Å². The molecule has 2 aromatic rings. The fourth-order valence-electron chi connectivity index (χ4n) is 2.23. The van der Waals surface area contributed by atoms with Crippen molar-refractivity contribution in [2.45, 2.75) is 11.8 Å². The molecule has 0 fully saturated rings. The third-order valence-corrected chi connectivity index (χ3v) is 4.42. The van der Waals surface area contributed by atoms with Gasteiger partial charge in [0.15, 0.2) is 0 Å². The zero-order valence-corrected chi connectivity index (χ0v) is 12.3. The van der Waals surface area contributed by atoms with Crippen LogP contribution in [0.15, 0.2) is 48.5 Å². The Bertz CT molecular complexity index is 563. The van der Waals surface area contributed by atoms with Gasteiger partial charge in [-0.05, 0) is 41.8 Å². The lowest BCUT2D eigenvalue weighted by atomic mass is 9.79. The van der Waals surface area contributed by atoms with E-state index in [1.54, 1.807) is 18.2 Å². The van der Waals surface area contributed by atoms with Gasteiger partial charge in [-0.15, -0.1) is 23.2 Å². The summed E-state index contributed by atoms with van der Waals surface area (Å²) in [7, 11) is 0. The second-order valence-electron chi connectivity index (χ2n) is 4.86. The maximum Gasteiger partial charge on any atom is 0.123 e. The largest absolute Gasteiger partial charge is 0.207 e. The third-order valence-electron chi connectivity index (χ3n) is 3.40. The normalized spacial score (nSPS) is 11.6. The first-order valence-electron chi connectivity index (χ1n) is 6.22. The van der Waals surface area contributed by atoms with Gasteiger partial charge in [0.05, 0.1) is 0 Å². The van der Waals surface area contributed by atoms with E-state index in [1.165, 1.54) is 24.3 Å². The SMILES string of the molecule is Fc1ccc(C(CCl)(CCl)Cc2cccc(F)c2)cc1. The predicted molar refractivity (Wildman–Crippen MR) is 79.6 cm³/mol. The van der Waals surface area contributed by atoms with Gasteiger partial charge in [0.25, 0.3) is 0 Å². The molecule has 20 heavy (non-hydrogen) atoms. The molecule has 106 valence electrons. The van der Waals surface area contributed by atoms with E-state index in [2.05, 4.69) is 0 Å². The van der Waals surface area contributed by atoms with E-state index in [4.69, 9.17) is 23.2 Å². The van der Waals surface area contributed by atoms with Crippen molar-refractivity contribution in [3.63, 3.8) is 0 Å². The Hall–Kier alpha value is -1.12. The average Bonchev–Trinajstić information content (AvgIpc) is 2.46. The number of benzene rings is 2. The third kappa shape index (κ3) is 3.31. The smallest absolute Gasteiger partial charge is 0.123 e. The Kier molecular flexibility index (Phi) is 5.00. The molecular weight excluding hydrogens is 301 g/mol. The van der Waals surface area contributed by atoms with E-state index >= 15 is 0 Å². The molecule has 0 atom stereocenters. The van der Waals surface area contributed by atoms with Crippen LogP contribution in [0.3, 0.4) is 0 Å². The first kappa shape index (κ1) is 15.3. The summed E-state index contributed by atoms with van der Waals surface area (Å²) in [6.45, 7) is 0. The molecule has 0 aliphatic rings. The molecule has 0 heterocycles. The van der Waals surface area contributed by atoms with Crippen molar-refractivity contribution < 1.29 is 8.78 Å². The molecule has 0 saturated heterocycles. The van der Waals surface area contributed by atoms with E-state index in [9.17, 15) is 8.78 Å². The Morgan fingerprint density at radius 3 is 2.05 bits per heavy atom. The molecule has 0 saturated carbocycles. The van der Waals surface area contributed by atoms with Crippen LogP contribution in [0.4, 0.5) is 8.78 Å². The monoisotopic (exact) mass is 314 g/mol. The predicted octanol–water partition coefficient (Wildman–Crippen LogP) is 4.92. The van der Waals surface area contributed by atoms with Gasteiger partial charge in [0, 0.05) is 17.2 Å². The zero-order valence-electron chi connectivity index (χ0n) is 10.8. The van der Waals surface area contributed by atoms with E-state index in [0.717, 1.165) is 11.1 Å². The van der Waals surface area contributed by atoms with Crippen LogP contribution in [-0.4, -0.2) is 11.8 Å². The molecule has 0 amide bonds. The van der Waals surface area contributed by atoms with Crippen molar-refractivity contribution in [1.82, 2.24) is 0 Å². The highest BCUT2D eigenvalue weighted by Gasteiger charge is 2.31. The van der Waals surface area contributed by atoms with Gasteiger partial charge in [-0.25, -0.2) is 8.78 Å². The molecule has 0 aromatic heterocycles. The standard InChI is InChI=1S/C16H14Cl2F2/c17-10-16(11-18,13-4-6-14(19)7-5-13)9-12-2-1-3-15(20)8-12/h1-8H,9-11H2. The number of rotatable bonds is 5. The molecule has 2 rings (SSSR count). The van der Waals surface area contributed by atoms with Crippen LogP contribution in [-0.2, 0) is 11.8 Å². The molecule has 0 N–H and O–H groups in total. The van der Waals surface area contributed by atoms with Crippen LogP contribution in [0.25, 0.3) is 0 Å². The Morgan fingerprint density at radius 2 is 1.50 bits per heavy atom. The van der Waals surface area contributed by atoms with E-state index in [1.807, 2.05) is 6.07 Å². The van der Waals surface area contributed by atoms with Crippen molar-refractivity contribution in [1.29, 1.82) is 0 Å². The van der Waals surface area contributed by atoms with E-state index in [0.29, 0.717) is 6.42 Å². The molecule has 2 aromatic carbocycles. The summed E-state index contributed by atoms with van der Waals surface area (Å²) >= 11 is 12.2. The van der Waals surface area contributed by atoms with Gasteiger partial charge in [0.1, 0.15) is 11.6 Å². The minimum absolute atomic E-state index is 0.276. The summed E-state index contributed by atoms with van der Waals surface area (Å²) in [6, 6.07) is 12.5. The highest BCUT2D eigenvalue weighted by molar-refractivity contribution is 6.22. The molecule has 0 radical (unpaired) electrons. The number of alkyl halides is 2. The Labute approximate surface area is 127 Å². The summed E-state index contributed by atoms with van der Waals surface area (Å²) in [5, 5.41) is 0. The molecule has 0 unspecified atom stereocenters. The molecule has 0 spiro atoms. The van der Waals surface area contributed by atoms with Crippen LogP contribution in [0, 0.1) is 11.6 Å². The summed E-state index contributed by atoms with van der Waals surface area (Å²) in [5.41, 5.74) is 1.13. The van der Waals surface area contributed by atoms with Crippen LogP contribution < -0.4 is 0 Å². The van der Waals surface area contributed by atoms with Crippen LogP contribution in [0.1, 0.15) is 11.1 Å². The van der Waals surface area contributed by atoms with E-state index < -0.39 is 5.41 Å². The lowest BCUT2D eigenvalue weighted by Crippen LogP contribution is -2.33. The minimum Gasteiger partial charge on any atom is -0.207 e. The highest BCUT2D eigenvalue weighted by Crippen LogP contribution is 2.32. The van der Waals surface area contributed by atoms with Gasteiger partial charge in [-0.2, -0.15) is 0 Å². The van der Waals surface area contributed by atoms with Gasteiger partial charge < -0.3 is 0 Å². The van der Waals surface area contributed by atoms with Crippen LogP contribution in [0.2, 0.25) is 0 Å². The van der Waals surface area contributed by atoms with Gasteiger partial charge >= 0.3 is 0 Å². The van der Waals surface area contributed by atoms with Crippen molar-refractivity contribution in [3.8, 4) is 0 Å². The zero-order chi connectivity index (χ0) is 14.6. The quantitative estimate of drug-likeness (QED) is 0.687. The first-order valence-corrected chi connectivity index (χ1v) is 7.29. The lowest BCUT2D eigenvalue weighted by molar-refractivity contribution is 0.530. The lowest BCUT2D eigenvalue weighted by Gasteiger charge is -2.30. The van der Waals surface area contributed by atoms with Crippen molar-refractivity contribution in [2.75, 3.05) is 11.8 Å². The fraction of sp³-hybridized carbons (Fsp3) is 0.250. The molecule has 0 aliphatic carbocycles. The maximum absolute atomic E-state index is 13.3. The maximum atomic E-state index is 13.3. The first-order chi connectivity index (χ1) is 9.59. The summed E-state index contributed by atoms with van der Waals surface area (Å²) in [6.07, 6.45) is 0.503. The molecular formula is C16H14Cl2F2. The van der Waals surface area contributed by atoms with Crippen molar-refractivity contribution in [3.05, 3.63) is 71.3 Å². The molecule has 0 nitrogen and oxygen atoms in total. The Morgan fingerprint density at radius 1 is 0.850 bits per heavy atom. The van der Waals surface area contributed by atoms with Crippen molar-refractivity contribution in [2.24, 2.45) is 0 Å². The molecule has 0 aliphatic heterocycles. The van der Waals surface area contributed by atoms with Gasteiger partial charge in [0.2, 0.25) is 0 Å². The highest BCUT2D eigenvalue weighted by atomic mass is 35.5. The van der Waals surface area contributed by atoms with E-state index in [-0.39, 0.29) is 23.4 Å². The number of hydrogen-bond acceptors (Lipinski definition) is 0. The van der Waals surface area contributed by atoms with Gasteiger partial charge in [-0.3, -0.25) is 0 Å². The summed E-state index contributed by atoms with van der Waals surface area (Å²) in [4.78, 5) is 0. The number of halogens is 4. The number of hydrogen-bond donors (Lipinski definition) is 0. The van der Waals surface area contributed by atoms with Crippen molar-refractivity contribution >= 4 is 23.2 Å². The van der Waals surface area contributed by atoms with Gasteiger partial charge in [-0.1, -0.05) is 24.3 Å². The average molecular weight is 315 g/mol. The second-order valence-corrected chi connectivity index (χ2v) is 5.40.